The molecule has 0 N–H and O–H groups in total. The molecule has 1 atom stereocenters. The van der Waals surface area contributed by atoms with Crippen molar-refractivity contribution in [1.82, 2.24) is 0 Å². The van der Waals surface area contributed by atoms with Gasteiger partial charge in [-0.15, -0.1) is 0 Å². The van der Waals surface area contributed by atoms with Crippen molar-refractivity contribution in [3.8, 4) is 11.1 Å². The van der Waals surface area contributed by atoms with Crippen LogP contribution in [0.15, 0.2) is 72.3 Å². The van der Waals surface area contributed by atoms with Gasteiger partial charge in [0, 0.05) is 0 Å². The molecule has 0 amide bonds. The molecule has 4 aliphatic rings. The van der Waals surface area contributed by atoms with Crippen LogP contribution in [0.2, 0.25) is 0 Å². The first-order valence-corrected chi connectivity index (χ1v) is 13.0. The predicted molar refractivity (Wildman–Crippen MR) is 147 cm³/mol. The Morgan fingerprint density at radius 1 is 0.676 bits per heavy atom. The fourth-order valence-electron chi connectivity index (χ4n) is 6.61. The molecule has 0 heteroatoms. The van der Waals surface area contributed by atoms with Crippen LogP contribution in [-0.4, -0.2) is 0 Å². The lowest BCUT2D eigenvalue weighted by atomic mass is 9.77. The molecule has 3 aromatic rings. The number of fused-ring (bicyclic) bond motifs is 4. The Balaban J connectivity index is 1.60. The van der Waals surface area contributed by atoms with Gasteiger partial charge in [0.15, 0.2) is 0 Å². The summed E-state index contributed by atoms with van der Waals surface area (Å²) < 4.78 is 0. The lowest BCUT2D eigenvalue weighted by Gasteiger charge is -2.27. The smallest absolute Gasteiger partial charge is 0.00236 e. The summed E-state index contributed by atoms with van der Waals surface area (Å²) in [6, 6.07) is 16.1. The average molecular weight is 439 g/mol. The molecule has 0 aliphatic heterocycles. The van der Waals surface area contributed by atoms with E-state index in [0.717, 1.165) is 25.7 Å². The third kappa shape index (κ3) is 3.12. The summed E-state index contributed by atoms with van der Waals surface area (Å²) in [5.41, 5.74) is 7.37. The van der Waals surface area contributed by atoms with E-state index in [4.69, 9.17) is 0 Å². The molecule has 4 aliphatic carbocycles. The van der Waals surface area contributed by atoms with E-state index in [9.17, 15) is 0 Å². The largest absolute Gasteiger partial charge is 0.0839 e. The highest BCUT2D eigenvalue weighted by atomic mass is 14.3. The van der Waals surface area contributed by atoms with E-state index in [1.54, 1.807) is 0 Å². The molecule has 0 radical (unpaired) electrons. The summed E-state index contributed by atoms with van der Waals surface area (Å²) >= 11 is 0. The molecule has 0 heterocycles. The van der Waals surface area contributed by atoms with Gasteiger partial charge in [0.2, 0.25) is 0 Å². The zero-order valence-corrected chi connectivity index (χ0v) is 19.7. The Kier molecular flexibility index (Phi) is 4.79. The highest BCUT2D eigenvalue weighted by Crippen LogP contribution is 2.39. The van der Waals surface area contributed by atoms with Crippen molar-refractivity contribution in [2.75, 3.05) is 0 Å². The number of hydrogen-bond donors (Lipinski definition) is 0. The molecule has 0 nitrogen and oxygen atoms in total. The zero-order valence-electron chi connectivity index (χ0n) is 19.7. The van der Waals surface area contributed by atoms with Crippen molar-refractivity contribution in [2.45, 2.75) is 44.9 Å². The van der Waals surface area contributed by atoms with Crippen molar-refractivity contribution in [1.29, 1.82) is 0 Å². The van der Waals surface area contributed by atoms with Gasteiger partial charge in [-0.3, -0.25) is 0 Å². The van der Waals surface area contributed by atoms with Gasteiger partial charge in [-0.25, -0.2) is 0 Å². The molecule has 7 rings (SSSR count). The maximum atomic E-state index is 2.52. The number of benzene rings is 3. The predicted octanol–water partition coefficient (Wildman–Crippen LogP) is 5.90. The number of rotatable bonds is 2. The molecule has 0 aromatic heterocycles. The van der Waals surface area contributed by atoms with Crippen LogP contribution >= 0.6 is 0 Å². The van der Waals surface area contributed by atoms with Crippen LogP contribution < -0.4 is 20.9 Å². The van der Waals surface area contributed by atoms with Crippen LogP contribution in [0.4, 0.5) is 0 Å². The molecule has 34 heavy (non-hydrogen) atoms. The van der Waals surface area contributed by atoms with Gasteiger partial charge in [0.25, 0.3) is 0 Å². The van der Waals surface area contributed by atoms with Crippen LogP contribution in [-0.2, 0) is 0 Å². The van der Waals surface area contributed by atoms with Crippen LogP contribution in [0.1, 0.15) is 50.5 Å². The van der Waals surface area contributed by atoms with Gasteiger partial charge in [-0.1, -0.05) is 91.1 Å². The molecule has 0 fully saturated rings. The first kappa shape index (κ1) is 20.0. The van der Waals surface area contributed by atoms with Crippen molar-refractivity contribution < 1.29 is 0 Å². The van der Waals surface area contributed by atoms with Crippen LogP contribution in [0.5, 0.6) is 0 Å². The molecular formula is C34H30. The van der Waals surface area contributed by atoms with Crippen LogP contribution in [0.25, 0.3) is 51.8 Å². The first-order chi connectivity index (χ1) is 16.9. The lowest BCUT2D eigenvalue weighted by Crippen LogP contribution is -2.36. The average Bonchev–Trinajstić information content (AvgIpc) is 2.91. The summed E-state index contributed by atoms with van der Waals surface area (Å²) in [6.45, 7) is 0. The Morgan fingerprint density at radius 3 is 2.26 bits per heavy atom. The van der Waals surface area contributed by atoms with Crippen molar-refractivity contribution in [2.24, 2.45) is 5.92 Å². The quantitative estimate of drug-likeness (QED) is 0.468. The van der Waals surface area contributed by atoms with E-state index in [1.807, 2.05) is 0 Å². The highest BCUT2D eigenvalue weighted by molar-refractivity contribution is 6.04. The van der Waals surface area contributed by atoms with Gasteiger partial charge in [0.05, 0.1) is 0 Å². The zero-order chi connectivity index (χ0) is 22.5. The molecule has 0 bridgehead atoms. The summed E-state index contributed by atoms with van der Waals surface area (Å²) in [7, 11) is 0. The minimum atomic E-state index is 0.702. The minimum Gasteiger partial charge on any atom is -0.0839 e. The molecular weight excluding hydrogens is 408 g/mol. The van der Waals surface area contributed by atoms with Gasteiger partial charge in [-0.05, 0) is 110 Å². The fourth-order valence-corrected chi connectivity index (χ4v) is 6.61. The monoisotopic (exact) mass is 438 g/mol. The summed E-state index contributed by atoms with van der Waals surface area (Å²) in [6.07, 6.45) is 27.5. The van der Waals surface area contributed by atoms with Gasteiger partial charge >= 0.3 is 0 Å². The first-order valence-electron chi connectivity index (χ1n) is 13.0. The standard InChI is InChI=1S/C34H30/c1-2-12-25-22-26(21-20-23(25)10-1)33-29-15-5-7-17-31(29)34(32-18-8-6-16-30(32)33)28-19-9-13-24-11-3-4-14-27(24)28/h1-2,5,7,9,11-19,22-23H,3-4,6,8,10,20-21H2. The Bertz CT molecular complexity index is 1670. The third-order valence-corrected chi connectivity index (χ3v) is 8.19. The maximum Gasteiger partial charge on any atom is -0.00236 e. The summed E-state index contributed by atoms with van der Waals surface area (Å²) in [5, 5.41) is 8.55. The van der Waals surface area contributed by atoms with Crippen LogP contribution in [0, 0.1) is 5.92 Å². The van der Waals surface area contributed by atoms with Crippen LogP contribution in [0.3, 0.4) is 0 Å². The molecule has 0 saturated carbocycles. The molecule has 0 saturated heterocycles. The second kappa shape index (κ2) is 8.13. The molecule has 1 unspecified atom stereocenters. The highest BCUT2D eigenvalue weighted by Gasteiger charge is 2.23. The van der Waals surface area contributed by atoms with E-state index in [2.05, 4.69) is 91.1 Å². The Morgan fingerprint density at radius 2 is 1.41 bits per heavy atom. The molecule has 166 valence electrons. The van der Waals surface area contributed by atoms with Gasteiger partial charge in [-0.2, -0.15) is 0 Å². The molecule has 0 spiro atoms. The number of hydrogen-bond acceptors (Lipinski definition) is 0. The van der Waals surface area contributed by atoms with Gasteiger partial charge < -0.3 is 0 Å². The summed E-state index contributed by atoms with van der Waals surface area (Å²) in [4.78, 5) is 0. The van der Waals surface area contributed by atoms with E-state index < -0.39 is 0 Å². The molecule has 3 aromatic carbocycles. The SMILES string of the molecule is C1=CCC2CCC(c3c4c(c(-c5cccc6c5=CCCC=6)c5ccccc35)=CCCC=4)=CC2=C1. The minimum absolute atomic E-state index is 0.702. The van der Waals surface area contributed by atoms with E-state index in [0.29, 0.717) is 5.92 Å². The third-order valence-electron chi connectivity index (χ3n) is 8.19. The van der Waals surface area contributed by atoms with E-state index in [1.165, 1.54) is 78.7 Å². The topological polar surface area (TPSA) is 0 Å². The van der Waals surface area contributed by atoms with Crippen molar-refractivity contribution >= 4 is 40.6 Å². The van der Waals surface area contributed by atoms with Crippen molar-refractivity contribution in [3.63, 3.8) is 0 Å². The Labute approximate surface area is 201 Å². The van der Waals surface area contributed by atoms with E-state index in [-0.39, 0.29) is 0 Å². The second-order valence-corrected chi connectivity index (χ2v) is 10.1. The van der Waals surface area contributed by atoms with E-state index >= 15 is 0 Å². The van der Waals surface area contributed by atoms with Gasteiger partial charge in [0.1, 0.15) is 0 Å². The fraction of sp³-hybridized carbons (Fsp3) is 0.235. The number of allylic oxidation sites excluding steroid dienone is 6. The Hall–Kier alpha value is -3.38. The normalized spacial score (nSPS) is 20.4. The lowest BCUT2D eigenvalue weighted by molar-refractivity contribution is 0.572. The summed E-state index contributed by atoms with van der Waals surface area (Å²) in [5.74, 6) is 0.702. The second-order valence-electron chi connectivity index (χ2n) is 10.1. The van der Waals surface area contributed by atoms with Crippen molar-refractivity contribution in [3.05, 3.63) is 98.8 Å². The maximum absolute atomic E-state index is 2.52.